The third-order valence-electron chi connectivity index (χ3n) is 3.67. The van der Waals surface area contributed by atoms with E-state index in [1.807, 2.05) is 50.2 Å². The van der Waals surface area contributed by atoms with E-state index in [2.05, 4.69) is 5.32 Å². The molecule has 0 fully saturated rings. The highest BCUT2D eigenvalue weighted by atomic mass is 35.5. The summed E-state index contributed by atoms with van der Waals surface area (Å²) in [5.41, 5.74) is 1.62. The van der Waals surface area contributed by atoms with Crippen molar-refractivity contribution in [3.05, 3.63) is 53.1 Å². The molecule has 0 aliphatic carbocycles. The van der Waals surface area contributed by atoms with Crippen LogP contribution in [0, 0.1) is 6.92 Å². The van der Waals surface area contributed by atoms with E-state index in [-0.39, 0.29) is 11.2 Å². The fourth-order valence-electron chi connectivity index (χ4n) is 2.11. The minimum absolute atomic E-state index is 0.0418. The van der Waals surface area contributed by atoms with Crippen molar-refractivity contribution in [1.29, 1.82) is 0 Å². The van der Waals surface area contributed by atoms with Crippen LogP contribution in [0.1, 0.15) is 12.5 Å². The van der Waals surface area contributed by atoms with Crippen LogP contribution in [0.5, 0.6) is 11.5 Å². The summed E-state index contributed by atoms with van der Waals surface area (Å²) in [5, 5.41) is 3.39. The zero-order valence-corrected chi connectivity index (χ0v) is 16.1. The van der Waals surface area contributed by atoms with Crippen LogP contribution in [0.15, 0.2) is 42.5 Å². The number of thioether (sulfide) groups is 1. The fourth-order valence-corrected chi connectivity index (χ4v) is 3.03. The maximum atomic E-state index is 12.3. The van der Waals surface area contributed by atoms with Crippen LogP contribution in [0.25, 0.3) is 0 Å². The number of nitrogens with one attached hydrogen (secondary N) is 1. The zero-order valence-electron chi connectivity index (χ0n) is 14.5. The lowest BCUT2D eigenvalue weighted by atomic mass is 10.2. The number of amides is 1. The molecule has 0 heterocycles. The molecular formula is C19H22ClNO3S. The van der Waals surface area contributed by atoms with E-state index in [4.69, 9.17) is 21.1 Å². The molecule has 0 saturated carbocycles. The van der Waals surface area contributed by atoms with Crippen LogP contribution in [0.3, 0.4) is 0 Å². The van der Waals surface area contributed by atoms with Gasteiger partial charge in [0.25, 0.3) is 0 Å². The minimum Gasteiger partial charge on any atom is -0.497 e. The third-order valence-corrected chi connectivity index (χ3v) is 5.20. The van der Waals surface area contributed by atoms with Crippen molar-refractivity contribution in [2.24, 2.45) is 0 Å². The van der Waals surface area contributed by atoms with Gasteiger partial charge < -0.3 is 14.8 Å². The number of carbonyl (C=O) groups excluding carboxylic acids is 1. The summed E-state index contributed by atoms with van der Waals surface area (Å²) >= 11 is 7.62. The monoisotopic (exact) mass is 379 g/mol. The van der Waals surface area contributed by atoms with Crippen molar-refractivity contribution in [3.8, 4) is 11.5 Å². The van der Waals surface area contributed by atoms with Gasteiger partial charge in [0.05, 0.1) is 19.0 Å². The summed E-state index contributed by atoms with van der Waals surface area (Å²) in [6.45, 7) is 4.30. The Hall–Kier alpha value is -1.85. The van der Waals surface area contributed by atoms with Gasteiger partial charge in [0.1, 0.15) is 11.5 Å². The van der Waals surface area contributed by atoms with Gasteiger partial charge in [-0.15, -0.1) is 11.8 Å². The molecule has 2 aromatic carbocycles. The van der Waals surface area contributed by atoms with E-state index in [1.165, 1.54) is 0 Å². The van der Waals surface area contributed by atoms with E-state index in [9.17, 15) is 4.79 Å². The molecule has 0 spiro atoms. The van der Waals surface area contributed by atoms with Gasteiger partial charge in [-0.05, 0) is 55.8 Å². The first-order valence-electron chi connectivity index (χ1n) is 7.95. The number of hydrogen-bond acceptors (Lipinski definition) is 4. The lowest BCUT2D eigenvalue weighted by Crippen LogP contribution is -2.23. The predicted octanol–water partition coefficient (Wildman–Crippen LogP) is 4.80. The second kappa shape index (κ2) is 9.59. The largest absolute Gasteiger partial charge is 0.497 e. The lowest BCUT2D eigenvalue weighted by molar-refractivity contribution is -0.115. The normalized spacial score (nSPS) is 11.7. The molecule has 1 atom stereocenters. The lowest BCUT2D eigenvalue weighted by Gasteiger charge is -2.14. The highest BCUT2D eigenvalue weighted by molar-refractivity contribution is 8.00. The van der Waals surface area contributed by atoms with E-state index in [0.717, 1.165) is 28.5 Å². The summed E-state index contributed by atoms with van der Waals surface area (Å²) < 4.78 is 10.8. The van der Waals surface area contributed by atoms with Gasteiger partial charge in [-0.25, -0.2) is 0 Å². The quantitative estimate of drug-likeness (QED) is 0.669. The molecule has 4 nitrogen and oxygen atoms in total. The number of ether oxygens (including phenoxy) is 2. The van der Waals surface area contributed by atoms with Gasteiger partial charge in [0, 0.05) is 16.5 Å². The van der Waals surface area contributed by atoms with Gasteiger partial charge in [-0.3, -0.25) is 4.79 Å². The molecule has 6 heteroatoms. The zero-order chi connectivity index (χ0) is 18.2. The molecule has 25 heavy (non-hydrogen) atoms. The Balaban J connectivity index is 1.74. The van der Waals surface area contributed by atoms with Gasteiger partial charge in [0.15, 0.2) is 0 Å². The topological polar surface area (TPSA) is 47.6 Å². The molecule has 2 rings (SSSR count). The molecule has 0 bridgehead atoms. The summed E-state index contributed by atoms with van der Waals surface area (Å²) in [6, 6.07) is 12.9. The van der Waals surface area contributed by atoms with Crippen LogP contribution in [0.4, 0.5) is 5.69 Å². The summed E-state index contributed by atoms with van der Waals surface area (Å²) in [6.07, 6.45) is 0. The van der Waals surface area contributed by atoms with E-state index >= 15 is 0 Å². The Kier molecular flexibility index (Phi) is 7.47. The summed E-state index contributed by atoms with van der Waals surface area (Å²) in [4.78, 5) is 12.3. The Morgan fingerprint density at radius 1 is 1.20 bits per heavy atom. The molecule has 1 amide bonds. The van der Waals surface area contributed by atoms with Crippen LogP contribution in [-0.2, 0) is 4.79 Å². The Bertz CT molecular complexity index is 706. The van der Waals surface area contributed by atoms with Crippen molar-refractivity contribution in [2.75, 3.05) is 24.8 Å². The van der Waals surface area contributed by atoms with E-state index in [0.29, 0.717) is 11.6 Å². The van der Waals surface area contributed by atoms with Crippen LogP contribution < -0.4 is 14.8 Å². The fraction of sp³-hybridized carbons (Fsp3) is 0.316. The first-order chi connectivity index (χ1) is 12.0. The average molecular weight is 380 g/mol. The van der Waals surface area contributed by atoms with Crippen LogP contribution >= 0.6 is 23.4 Å². The third kappa shape index (κ3) is 5.87. The number of halogens is 1. The maximum absolute atomic E-state index is 12.3. The van der Waals surface area contributed by atoms with Gasteiger partial charge in [0.2, 0.25) is 5.91 Å². The second-order valence-electron chi connectivity index (χ2n) is 5.44. The molecule has 0 aliphatic rings. The summed E-state index contributed by atoms with van der Waals surface area (Å²) in [5.74, 6) is 2.26. The SMILES string of the molecule is COc1ccc(OCCSC(C)C(=O)Nc2cccc(Cl)c2C)cc1. The highest BCUT2D eigenvalue weighted by Gasteiger charge is 2.15. The molecule has 0 aromatic heterocycles. The van der Waals surface area contributed by atoms with Crippen LogP contribution in [0.2, 0.25) is 5.02 Å². The molecule has 0 saturated heterocycles. The molecule has 134 valence electrons. The van der Waals surface area contributed by atoms with Crippen molar-refractivity contribution in [3.63, 3.8) is 0 Å². The number of rotatable bonds is 8. The average Bonchev–Trinajstić information content (AvgIpc) is 2.62. The molecular weight excluding hydrogens is 358 g/mol. The Morgan fingerprint density at radius 2 is 1.88 bits per heavy atom. The molecule has 0 radical (unpaired) electrons. The number of anilines is 1. The summed E-state index contributed by atoms with van der Waals surface area (Å²) in [7, 11) is 1.63. The van der Waals surface area contributed by atoms with Crippen molar-refractivity contribution in [1.82, 2.24) is 0 Å². The molecule has 1 N–H and O–H groups in total. The van der Waals surface area contributed by atoms with Crippen LogP contribution in [-0.4, -0.2) is 30.6 Å². The molecule has 1 unspecified atom stereocenters. The highest BCUT2D eigenvalue weighted by Crippen LogP contribution is 2.24. The number of hydrogen-bond donors (Lipinski definition) is 1. The van der Waals surface area contributed by atoms with Crippen molar-refractivity contribution < 1.29 is 14.3 Å². The standard InChI is InChI=1S/C19H22ClNO3S/c1-13-17(20)5-4-6-18(13)21-19(22)14(2)25-12-11-24-16-9-7-15(23-3)8-10-16/h4-10,14H,11-12H2,1-3H3,(H,21,22). The Morgan fingerprint density at radius 3 is 2.56 bits per heavy atom. The van der Waals surface area contributed by atoms with Crippen molar-refractivity contribution >= 4 is 35.0 Å². The smallest absolute Gasteiger partial charge is 0.237 e. The first kappa shape index (κ1) is 19.5. The van der Waals surface area contributed by atoms with E-state index in [1.54, 1.807) is 24.9 Å². The number of carbonyl (C=O) groups is 1. The van der Waals surface area contributed by atoms with E-state index < -0.39 is 0 Å². The number of benzene rings is 2. The molecule has 0 aliphatic heterocycles. The second-order valence-corrected chi connectivity index (χ2v) is 7.29. The maximum Gasteiger partial charge on any atom is 0.237 e. The van der Waals surface area contributed by atoms with Gasteiger partial charge in [-0.1, -0.05) is 17.7 Å². The van der Waals surface area contributed by atoms with Crippen molar-refractivity contribution in [2.45, 2.75) is 19.1 Å². The Labute approximate surface area is 157 Å². The van der Waals surface area contributed by atoms with Gasteiger partial charge >= 0.3 is 0 Å². The van der Waals surface area contributed by atoms with Gasteiger partial charge in [-0.2, -0.15) is 0 Å². The number of methoxy groups -OCH3 is 1. The predicted molar refractivity (Wildman–Crippen MR) is 105 cm³/mol. The first-order valence-corrected chi connectivity index (χ1v) is 9.38. The molecule has 2 aromatic rings. The minimum atomic E-state index is -0.183.